The van der Waals surface area contributed by atoms with E-state index in [1.165, 1.54) is 0 Å². The Balaban J connectivity index is 2.27. The molecule has 1 atom stereocenters. The highest BCUT2D eigenvalue weighted by molar-refractivity contribution is 5.22. The number of nitrogens with one attached hydrogen (secondary N) is 1. The van der Waals surface area contributed by atoms with E-state index in [1.54, 1.807) is 7.11 Å². The molecule has 2 rings (SSSR count). The first kappa shape index (κ1) is 14.7. The molecular weight excluding hydrogens is 254 g/mol. The Morgan fingerprint density at radius 1 is 1.30 bits per heavy atom. The van der Waals surface area contributed by atoms with Crippen LogP contribution in [0.5, 0.6) is 0 Å². The van der Waals surface area contributed by atoms with Crippen molar-refractivity contribution in [2.45, 2.75) is 32.4 Å². The summed E-state index contributed by atoms with van der Waals surface area (Å²) in [6, 6.07) is 9.86. The van der Waals surface area contributed by atoms with E-state index in [1.807, 2.05) is 51.1 Å². The maximum Gasteiger partial charge on any atom is 0.246 e. The third-order valence-corrected chi connectivity index (χ3v) is 3.17. The smallest absolute Gasteiger partial charge is 0.246 e. The molecule has 0 aliphatic carbocycles. The first-order chi connectivity index (χ1) is 9.58. The Morgan fingerprint density at radius 2 is 2.00 bits per heavy atom. The van der Waals surface area contributed by atoms with Crippen molar-refractivity contribution in [2.75, 3.05) is 13.7 Å². The van der Waals surface area contributed by atoms with E-state index < -0.39 is 0 Å². The van der Waals surface area contributed by atoms with Crippen LogP contribution in [-0.2, 0) is 10.3 Å². The standard InChI is InChI=1S/C15H21N3O2/c1-5-16-15(2,3)14-17-13(18-20-14)12(19-4)11-9-7-6-8-10-11/h6-10,12,16H,5H2,1-4H3. The van der Waals surface area contributed by atoms with Gasteiger partial charge in [-0.2, -0.15) is 4.98 Å². The molecule has 108 valence electrons. The van der Waals surface area contributed by atoms with Crippen LogP contribution in [-0.4, -0.2) is 23.8 Å². The van der Waals surface area contributed by atoms with Crippen molar-refractivity contribution in [1.29, 1.82) is 0 Å². The summed E-state index contributed by atoms with van der Waals surface area (Å²) in [4.78, 5) is 4.48. The van der Waals surface area contributed by atoms with Crippen LogP contribution in [0, 0.1) is 0 Å². The molecule has 2 aromatic rings. The van der Waals surface area contributed by atoms with Crippen LogP contribution in [0.4, 0.5) is 0 Å². The largest absolute Gasteiger partial charge is 0.369 e. The van der Waals surface area contributed by atoms with E-state index in [2.05, 4.69) is 15.5 Å². The average molecular weight is 275 g/mol. The second kappa shape index (κ2) is 6.15. The van der Waals surface area contributed by atoms with Crippen LogP contribution in [0.3, 0.4) is 0 Å². The van der Waals surface area contributed by atoms with E-state index in [-0.39, 0.29) is 11.6 Å². The van der Waals surface area contributed by atoms with Crippen molar-refractivity contribution in [3.8, 4) is 0 Å². The molecule has 5 heteroatoms. The van der Waals surface area contributed by atoms with Gasteiger partial charge >= 0.3 is 0 Å². The Bertz CT molecular complexity index is 537. The van der Waals surface area contributed by atoms with Crippen molar-refractivity contribution in [1.82, 2.24) is 15.5 Å². The lowest BCUT2D eigenvalue weighted by molar-refractivity contribution is 0.126. The molecule has 0 radical (unpaired) electrons. The minimum absolute atomic E-state index is 0.314. The topological polar surface area (TPSA) is 60.2 Å². The minimum atomic E-state index is -0.352. The molecule has 5 nitrogen and oxygen atoms in total. The molecule has 0 spiro atoms. The Hall–Kier alpha value is -1.72. The van der Waals surface area contributed by atoms with E-state index in [0.717, 1.165) is 12.1 Å². The third kappa shape index (κ3) is 3.05. The van der Waals surface area contributed by atoms with Gasteiger partial charge in [0.15, 0.2) is 0 Å². The predicted octanol–water partition coefficient (Wildman–Crippen LogP) is 2.65. The molecule has 20 heavy (non-hydrogen) atoms. The van der Waals surface area contributed by atoms with E-state index in [9.17, 15) is 0 Å². The maximum absolute atomic E-state index is 5.50. The SMILES string of the molecule is CCNC(C)(C)c1nc(C(OC)c2ccccc2)no1. The number of aromatic nitrogens is 2. The van der Waals surface area contributed by atoms with Crippen LogP contribution >= 0.6 is 0 Å². The molecule has 1 aromatic heterocycles. The number of hydrogen-bond acceptors (Lipinski definition) is 5. The summed E-state index contributed by atoms with van der Waals surface area (Å²) in [6.07, 6.45) is -0.314. The second-order valence-electron chi connectivity index (χ2n) is 5.14. The van der Waals surface area contributed by atoms with E-state index >= 15 is 0 Å². The van der Waals surface area contributed by atoms with E-state index in [0.29, 0.717) is 11.7 Å². The van der Waals surface area contributed by atoms with Gasteiger partial charge in [0.25, 0.3) is 0 Å². The minimum Gasteiger partial charge on any atom is -0.369 e. The van der Waals surface area contributed by atoms with Gasteiger partial charge in [-0.3, -0.25) is 0 Å². The normalized spacial score (nSPS) is 13.4. The van der Waals surface area contributed by atoms with Gasteiger partial charge in [-0.15, -0.1) is 0 Å². The number of rotatable bonds is 6. The van der Waals surface area contributed by atoms with Crippen molar-refractivity contribution in [2.24, 2.45) is 0 Å². The maximum atomic E-state index is 5.50. The number of ether oxygens (including phenoxy) is 1. The van der Waals surface area contributed by atoms with Crippen molar-refractivity contribution < 1.29 is 9.26 Å². The summed E-state index contributed by atoms with van der Waals surface area (Å²) in [5.74, 6) is 1.10. The summed E-state index contributed by atoms with van der Waals surface area (Å²) >= 11 is 0. The monoisotopic (exact) mass is 275 g/mol. The zero-order valence-electron chi connectivity index (χ0n) is 12.4. The number of benzene rings is 1. The van der Waals surface area contributed by atoms with Crippen LogP contribution in [0.2, 0.25) is 0 Å². The molecule has 0 amide bonds. The Labute approximate surface area is 119 Å². The zero-order chi connectivity index (χ0) is 14.6. The first-order valence-corrected chi connectivity index (χ1v) is 6.75. The fourth-order valence-electron chi connectivity index (χ4n) is 2.13. The Morgan fingerprint density at radius 3 is 2.60 bits per heavy atom. The quantitative estimate of drug-likeness (QED) is 0.878. The highest BCUT2D eigenvalue weighted by Crippen LogP contribution is 2.25. The molecule has 1 aromatic carbocycles. The summed E-state index contributed by atoms with van der Waals surface area (Å²) < 4.78 is 10.9. The summed E-state index contributed by atoms with van der Waals surface area (Å²) in [5.41, 5.74) is 0.651. The third-order valence-electron chi connectivity index (χ3n) is 3.17. The number of nitrogens with zero attached hydrogens (tertiary/aromatic N) is 2. The van der Waals surface area contributed by atoms with Gasteiger partial charge in [-0.25, -0.2) is 0 Å². The van der Waals surface area contributed by atoms with Gasteiger partial charge in [0.1, 0.15) is 6.10 Å². The molecule has 1 unspecified atom stereocenters. The van der Waals surface area contributed by atoms with Crippen molar-refractivity contribution in [3.05, 3.63) is 47.6 Å². The van der Waals surface area contributed by atoms with Crippen molar-refractivity contribution in [3.63, 3.8) is 0 Å². The van der Waals surface area contributed by atoms with Gasteiger partial charge in [-0.05, 0) is 26.0 Å². The fourth-order valence-corrected chi connectivity index (χ4v) is 2.13. The molecule has 1 N–H and O–H groups in total. The van der Waals surface area contributed by atoms with Gasteiger partial charge in [0.05, 0.1) is 5.54 Å². The van der Waals surface area contributed by atoms with Gasteiger partial charge in [0, 0.05) is 7.11 Å². The number of methoxy groups -OCH3 is 1. The van der Waals surface area contributed by atoms with Crippen LogP contribution in [0.1, 0.15) is 44.2 Å². The highest BCUT2D eigenvalue weighted by atomic mass is 16.5. The van der Waals surface area contributed by atoms with Crippen LogP contribution in [0.15, 0.2) is 34.9 Å². The lowest BCUT2D eigenvalue weighted by Crippen LogP contribution is -2.36. The highest BCUT2D eigenvalue weighted by Gasteiger charge is 2.28. The lowest BCUT2D eigenvalue weighted by atomic mass is 10.1. The summed E-state index contributed by atoms with van der Waals surface area (Å²) in [6.45, 7) is 6.90. The van der Waals surface area contributed by atoms with Gasteiger partial charge in [-0.1, -0.05) is 42.4 Å². The Kier molecular flexibility index (Phi) is 4.52. The molecule has 0 aliphatic rings. The lowest BCUT2D eigenvalue weighted by Gasteiger charge is -2.20. The molecule has 0 fully saturated rings. The first-order valence-electron chi connectivity index (χ1n) is 6.75. The predicted molar refractivity (Wildman–Crippen MR) is 76.3 cm³/mol. The molecule has 0 aliphatic heterocycles. The fraction of sp³-hybridized carbons (Fsp3) is 0.467. The summed E-state index contributed by atoms with van der Waals surface area (Å²) in [7, 11) is 1.64. The molecular formula is C15H21N3O2. The second-order valence-corrected chi connectivity index (χ2v) is 5.14. The number of hydrogen-bond donors (Lipinski definition) is 1. The van der Waals surface area contributed by atoms with Gasteiger partial charge < -0.3 is 14.6 Å². The van der Waals surface area contributed by atoms with Gasteiger partial charge in [0.2, 0.25) is 11.7 Å². The van der Waals surface area contributed by atoms with E-state index in [4.69, 9.17) is 9.26 Å². The average Bonchev–Trinajstić information content (AvgIpc) is 2.91. The van der Waals surface area contributed by atoms with Crippen LogP contribution in [0.25, 0.3) is 0 Å². The molecule has 1 heterocycles. The van der Waals surface area contributed by atoms with Crippen molar-refractivity contribution >= 4 is 0 Å². The van der Waals surface area contributed by atoms with Crippen LogP contribution < -0.4 is 5.32 Å². The summed E-state index contributed by atoms with van der Waals surface area (Å²) in [5, 5.41) is 7.37. The molecule has 0 saturated heterocycles. The molecule has 0 saturated carbocycles. The molecule has 0 bridgehead atoms. The zero-order valence-corrected chi connectivity index (χ0v) is 12.4.